The van der Waals surface area contributed by atoms with Crippen molar-refractivity contribution in [3.05, 3.63) is 47.0 Å². The SMILES string of the molecule is COc1cccc(C(=O)Nc2cc(Cl)ccc2OCC(F)(F)F)c1OC(F)F. The van der Waals surface area contributed by atoms with Crippen molar-refractivity contribution in [2.45, 2.75) is 12.8 Å². The van der Waals surface area contributed by atoms with Gasteiger partial charge in [-0.3, -0.25) is 4.79 Å². The Morgan fingerprint density at radius 2 is 1.89 bits per heavy atom. The zero-order valence-electron chi connectivity index (χ0n) is 14.1. The standard InChI is InChI=1S/C17H13ClF5NO4/c1-26-13-4-2-3-10(14(13)28-16(19)20)15(25)24-11-7-9(18)5-6-12(11)27-8-17(21,22)23/h2-7,16H,8H2,1H3,(H,24,25). The molecule has 0 saturated heterocycles. The number of carbonyl (C=O) groups is 1. The van der Waals surface area contributed by atoms with E-state index < -0.39 is 31.1 Å². The van der Waals surface area contributed by atoms with E-state index in [9.17, 15) is 26.7 Å². The summed E-state index contributed by atoms with van der Waals surface area (Å²) in [6.07, 6.45) is -4.61. The number of rotatable bonds is 7. The molecule has 0 atom stereocenters. The van der Waals surface area contributed by atoms with Crippen LogP contribution in [0.1, 0.15) is 10.4 Å². The van der Waals surface area contributed by atoms with E-state index in [-0.39, 0.29) is 27.8 Å². The molecule has 0 spiro atoms. The first kappa shape index (κ1) is 21.5. The van der Waals surface area contributed by atoms with Crippen molar-refractivity contribution in [1.29, 1.82) is 0 Å². The molecule has 1 amide bonds. The first-order valence-electron chi connectivity index (χ1n) is 7.53. The molecule has 28 heavy (non-hydrogen) atoms. The van der Waals surface area contributed by atoms with Crippen LogP contribution < -0.4 is 19.5 Å². The number of carbonyl (C=O) groups excluding carboxylic acids is 1. The van der Waals surface area contributed by atoms with Crippen LogP contribution in [0, 0.1) is 0 Å². The maximum Gasteiger partial charge on any atom is 0.422 e. The van der Waals surface area contributed by atoms with E-state index in [2.05, 4.69) is 14.8 Å². The molecule has 0 fully saturated rings. The molecule has 5 nitrogen and oxygen atoms in total. The van der Waals surface area contributed by atoms with Crippen LogP contribution in [0.4, 0.5) is 27.6 Å². The lowest BCUT2D eigenvalue weighted by Gasteiger charge is -2.16. The molecule has 11 heteroatoms. The molecule has 0 aliphatic rings. The smallest absolute Gasteiger partial charge is 0.422 e. The van der Waals surface area contributed by atoms with E-state index >= 15 is 0 Å². The van der Waals surface area contributed by atoms with Gasteiger partial charge in [0.15, 0.2) is 18.1 Å². The van der Waals surface area contributed by atoms with Gasteiger partial charge in [-0.05, 0) is 30.3 Å². The summed E-state index contributed by atoms with van der Waals surface area (Å²) in [5, 5.41) is 2.37. The van der Waals surface area contributed by atoms with E-state index in [1.54, 1.807) is 0 Å². The highest BCUT2D eigenvalue weighted by molar-refractivity contribution is 6.31. The highest BCUT2D eigenvalue weighted by atomic mass is 35.5. The average molecular weight is 426 g/mol. The van der Waals surface area contributed by atoms with Crippen molar-refractivity contribution in [1.82, 2.24) is 0 Å². The number of ether oxygens (including phenoxy) is 3. The van der Waals surface area contributed by atoms with Gasteiger partial charge in [-0.2, -0.15) is 22.0 Å². The number of hydrogen-bond donors (Lipinski definition) is 1. The third-order valence-corrected chi connectivity index (χ3v) is 3.47. The molecule has 2 aromatic rings. The lowest BCUT2D eigenvalue weighted by atomic mass is 10.1. The Kier molecular flexibility index (Phi) is 6.90. The van der Waals surface area contributed by atoms with Gasteiger partial charge in [0.25, 0.3) is 5.91 Å². The zero-order valence-corrected chi connectivity index (χ0v) is 14.9. The lowest BCUT2D eigenvalue weighted by molar-refractivity contribution is -0.153. The van der Waals surface area contributed by atoms with Gasteiger partial charge in [0.2, 0.25) is 0 Å². The molecule has 0 unspecified atom stereocenters. The number of halogens is 6. The summed E-state index contributed by atoms with van der Waals surface area (Å²) < 4.78 is 76.5. The van der Waals surface area contributed by atoms with Gasteiger partial charge in [0, 0.05) is 5.02 Å². The van der Waals surface area contributed by atoms with E-state index in [1.807, 2.05) is 0 Å². The second kappa shape index (κ2) is 8.96. The van der Waals surface area contributed by atoms with Gasteiger partial charge in [-0.1, -0.05) is 17.7 Å². The van der Waals surface area contributed by atoms with Crippen molar-refractivity contribution < 1.29 is 41.0 Å². The Morgan fingerprint density at radius 1 is 1.18 bits per heavy atom. The fourth-order valence-electron chi connectivity index (χ4n) is 2.14. The maximum absolute atomic E-state index is 12.7. The number of anilines is 1. The average Bonchev–Trinajstić information content (AvgIpc) is 2.59. The maximum atomic E-state index is 12.7. The Bertz CT molecular complexity index is 845. The molecule has 1 N–H and O–H groups in total. The van der Waals surface area contributed by atoms with E-state index in [4.69, 9.17) is 16.3 Å². The lowest BCUT2D eigenvalue weighted by Crippen LogP contribution is -2.20. The predicted octanol–water partition coefficient (Wildman–Crippen LogP) is 5.14. The van der Waals surface area contributed by atoms with Crippen molar-refractivity contribution in [2.75, 3.05) is 19.0 Å². The van der Waals surface area contributed by atoms with Crippen molar-refractivity contribution in [3.8, 4) is 17.2 Å². The van der Waals surface area contributed by atoms with Crippen molar-refractivity contribution in [2.24, 2.45) is 0 Å². The number of amides is 1. The van der Waals surface area contributed by atoms with Gasteiger partial charge in [-0.15, -0.1) is 0 Å². The van der Waals surface area contributed by atoms with Crippen LogP contribution >= 0.6 is 11.6 Å². The van der Waals surface area contributed by atoms with Crippen molar-refractivity contribution >= 4 is 23.2 Å². The second-order valence-corrected chi connectivity index (χ2v) is 5.65. The summed E-state index contributed by atoms with van der Waals surface area (Å²) in [5.41, 5.74) is -0.519. The summed E-state index contributed by atoms with van der Waals surface area (Å²) in [6.45, 7) is -4.84. The molecule has 0 heterocycles. The molecule has 152 valence electrons. The van der Waals surface area contributed by atoms with E-state index in [0.29, 0.717) is 0 Å². The largest absolute Gasteiger partial charge is 0.493 e. The summed E-state index contributed by atoms with van der Waals surface area (Å²) in [6, 6.07) is 7.37. The molecule has 0 bridgehead atoms. The minimum absolute atomic E-state index is 0.101. The third-order valence-electron chi connectivity index (χ3n) is 3.23. The number of benzene rings is 2. The molecule has 0 radical (unpaired) electrons. The van der Waals surface area contributed by atoms with Crippen LogP contribution in [0.2, 0.25) is 5.02 Å². The topological polar surface area (TPSA) is 56.8 Å². The molecule has 0 aliphatic carbocycles. The Hall–Kier alpha value is -2.75. The fraction of sp³-hybridized carbons (Fsp3) is 0.235. The Morgan fingerprint density at radius 3 is 2.50 bits per heavy atom. The van der Waals surface area contributed by atoms with Gasteiger partial charge in [0.05, 0.1) is 18.4 Å². The van der Waals surface area contributed by atoms with Crippen LogP contribution in [0.25, 0.3) is 0 Å². The molecule has 2 rings (SSSR count). The summed E-state index contributed by atoms with van der Waals surface area (Å²) in [4.78, 5) is 12.5. The first-order valence-corrected chi connectivity index (χ1v) is 7.91. The van der Waals surface area contributed by atoms with Crippen LogP contribution in [-0.4, -0.2) is 32.4 Å². The molecule has 2 aromatic carbocycles. The number of alkyl halides is 5. The summed E-state index contributed by atoms with van der Waals surface area (Å²) in [7, 11) is 1.19. The Balaban J connectivity index is 2.34. The minimum atomic E-state index is -4.61. The fourth-order valence-corrected chi connectivity index (χ4v) is 2.31. The van der Waals surface area contributed by atoms with Crippen molar-refractivity contribution in [3.63, 3.8) is 0 Å². The molecule has 0 aliphatic heterocycles. The first-order chi connectivity index (χ1) is 13.1. The third kappa shape index (κ3) is 5.88. The highest BCUT2D eigenvalue weighted by Crippen LogP contribution is 2.35. The quantitative estimate of drug-likeness (QED) is 0.624. The summed E-state index contributed by atoms with van der Waals surface area (Å²) >= 11 is 5.81. The number of methoxy groups -OCH3 is 1. The second-order valence-electron chi connectivity index (χ2n) is 5.21. The number of hydrogen-bond acceptors (Lipinski definition) is 4. The minimum Gasteiger partial charge on any atom is -0.493 e. The number of para-hydroxylation sites is 1. The summed E-state index contributed by atoms with van der Waals surface area (Å²) in [5.74, 6) is -1.92. The monoisotopic (exact) mass is 425 g/mol. The van der Waals surface area contributed by atoms with Gasteiger partial charge >= 0.3 is 12.8 Å². The normalized spacial score (nSPS) is 11.3. The highest BCUT2D eigenvalue weighted by Gasteiger charge is 2.29. The van der Waals surface area contributed by atoms with Gasteiger partial charge in [-0.25, -0.2) is 0 Å². The predicted molar refractivity (Wildman–Crippen MR) is 90.6 cm³/mol. The zero-order chi connectivity index (χ0) is 20.9. The van der Waals surface area contributed by atoms with E-state index in [0.717, 1.165) is 12.1 Å². The molecular weight excluding hydrogens is 413 g/mol. The van der Waals surface area contributed by atoms with Crippen LogP contribution in [-0.2, 0) is 0 Å². The molecule has 0 saturated carbocycles. The molecule has 0 aromatic heterocycles. The van der Waals surface area contributed by atoms with Crippen LogP contribution in [0.5, 0.6) is 17.2 Å². The van der Waals surface area contributed by atoms with Gasteiger partial charge in [0.1, 0.15) is 5.75 Å². The molecular formula is C17H13ClF5NO4. The van der Waals surface area contributed by atoms with Crippen LogP contribution in [0.15, 0.2) is 36.4 Å². The Labute approximate surface area is 160 Å². The van der Waals surface area contributed by atoms with E-state index in [1.165, 1.54) is 31.4 Å². The van der Waals surface area contributed by atoms with Gasteiger partial charge < -0.3 is 19.5 Å². The van der Waals surface area contributed by atoms with Crippen LogP contribution in [0.3, 0.4) is 0 Å². The number of nitrogens with one attached hydrogen (secondary N) is 1.